The molecule has 0 radical (unpaired) electrons. The maximum atomic E-state index is 12.8. The fraction of sp³-hybridized carbons (Fsp3) is 0.167. The molecule has 8 heteroatoms. The van der Waals surface area contributed by atoms with Crippen molar-refractivity contribution >= 4 is 34.6 Å². The van der Waals surface area contributed by atoms with E-state index in [1.54, 1.807) is 28.8 Å². The molecule has 1 N–H and O–H groups in total. The molecule has 0 saturated carbocycles. The van der Waals surface area contributed by atoms with E-state index in [0.29, 0.717) is 13.0 Å². The third-order valence-electron chi connectivity index (χ3n) is 3.46. The minimum Gasteiger partial charge on any atom is -0.451 e. The summed E-state index contributed by atoms with van der Waals surface area (Å²) in [5, 5.41) is 8.89. The van der Waals surface area contributed by atoms with E-state index in [0.717, 1.165) is 16.1 Å². The van der Waals surface area contributed by atoms with Crippen molar-refractivity contribution in [1.82, 2.24) is 10.3 Å². The molecule has 1 aromatic carbocycles. The van der Waals surface area contributed by atoms with Crippen molar-refractivity contribution in [2.75, 3.05) is 13.2 Å². The van der Waals surface area contributed by atoms with E-state index in [-0.39, 0.29) is 18.1 Å². The molecule has 0 fully saturated rings. The third-order valence-corrected chi connectivity index (χ3v) is 5.04. The molecule has 134 valence electrons. The van der Waals surface area contributed by atoms with Crippen LogP contribution in [0.4, 0.5) is 4.39 Å². The number of nitrogens with one attached hydrogen (secondary N) is 1. The first kappa shape index (κ1) is 18.2. The zero-order chi connectivity index (χ0) is 18.4. The largest absolute Gasteiger partial charge is 0.451 e. The lowest BCUT2D eigenvalue weighted by molar-refractivity contribution is -0.124. The van der Waals surface area contributed by atoms with Gasteiger partial charge in [0.15, 0.2) is 12.3 Å². The second kappa shape index (κ2) is 8.68. The molecule has 0 aliphatic carbocycles. The Kier molecular flexibility index (Phi) is 6.08. The lowest BCUT2D eigenvalue weighted by atomic mass is 10.1. The average molecular weight is 390 g/mol. The van der Waals surface area contributed by atoms with Crippen molar-refractivity contribution in [3.63, 3.8) is 0 Å². The molecule has 0 unspecified atom stereocenters. The SMILES string of the molecule is O=C(COC(=O)c1csc(-c2ccsc2)n1)NCCc1ccc(F)cc1. The van der Waals surface area contributed by atoms with E-state index in [9.17, 15) is 14.0 Å². The van der Waals surface area contributed by atoms with Crippen molar-refractivity contribution in [3.05, 3.63) is 63.5 Å². The molecule has 2 heterocycles. The number of amides is 1. The first-order valence-electron chi connectivity index (χ1n) is 7.78. The number of hydrogen-bond donors (Lipinski definition) is 1. The molecule has 5 nitrogen and oxygen atoms in total. The maximum absolute atomic E-state index is 12.8. The van der Waals surface area contributed by atoms with E-state index < -0.39 is 11.9 Å². The summed E-state index contributed by atoms with van der Waals surface area (Å²) in [5.41, 5.74) is 2.06. The number of rotatable bonds is 7. The van der Waals surface area contributed by atoms with E-state index in [2.05, 4.69) is 10.3 Å². The number of thiazole rings is 1. The highest BCUT2D eigenvalue weighted by Gasteiger charge is 2.15. The van der Waals surface area contributed by atoms with Crippen LogP contribution in [0.5, 0.6) is 0 Å². The number of nitrogens with zero attached hydrogens (tertiary/aromatic N) is 1. The second-order valence-electron chi connectivity index (χ2n) is 5.35. The van der Waals surface area contributed by atoms with Crippen molar-refractivity contribution < 1.29 is 18.7 Å². The van der Waals surface area contributed by atoms with Gasteiger partial charge in [0.05, 0.1) is 0 Å². The Hall–Kier alpha value is -2.58. The van der Waals surface area contributed by atoms with Gasteiger partial charge in [-0.3, -0.25) is 4.79 Å². The zero-order valence-electron chi connectivity index (χ0n) is 13.6. The summed E-state index contributed by atoms with van der Waals surface area (Å²) >= 11 is 2.90. The Morgan fingerprint density at radius 2 is 1.96 bits per heavy atom. The van der Waals surface area contributed by atoms with Gasteiger partial charge < -0.3 is 10.1 Å². The number of benzene rings is 1. The number of aromatic nitrogens is 1. The summed E-state index contributed by atoms with van der Waals surface area (Å²) in [7, 11) is 0. The van der Waals surface area contributed by atoms with Gasteiger partial charge in [-0.05, 0) is 35.6 Å². The van der Waals surface area contributed by atoms with Crippen molar-refractivity contribution in [1.29, 1.82) is 0 Å². The first-order valence-corrected chi connectivity index (χ1v) is 9.60. The number of ether oxygens (including phenoxy) is 1. The molecule has 26 heavy (non-hydrogen) atoms. The average Bonchev–Trinajstić information content (AvgIpc) is 3.32. The summed E-state index contributed by atoms with van der Waals surface area (Å²) in [6, 6.07) is 7.99. The van der Waals surface area contributed by atoms with Gasteiger partial charge in [-0.25, -0.2) is 14.2 Å². The van der Waals surface area contributed by atoms with Crippen LogP contribution in [0.1, 0.15) is 16.1 Å². The number of carbonyl (C=O) groups is 2. The monoisotopic (exact) mass is 390 g/mol. The Bertz CT molecular complexity index is 876. The fourth-order valence-corrected chi connectivity index (χ4v) is 3.64. The molecule has 0 atom stereocenters. The van der Waals surface area contributed by atoms with Crippen LogP contribution in [0.3, 0.4) is 0 Å². The van der Waals surface area contributed by atoms with Crippen LogP contribution >= 0.6 is 22.7 Å². The highest BCUT2D eigenvalue weighted by molar-refractivity contribution is 7.14. The summed E-state index contributed by atoms with van der Waals surface area (Å²) in [6.45, 7) is 0.00852. The minimum absolute atomic E-state index is 0.190. The Balaban J connectivity index is 1.41. The van der Waals surface area contributed by atoms with Gasteiger partial charge in [0.25, 0.3) is 5.91 Å². The molecule has 1 amide bonds. The number of hydrogen-bond acceptors (Lipinski definition) is 6. The molecule has 0 saturated heterocycles. The van der Waals surface area contributed by atoms with Gasteiger partial charge in [-0.1, -0.05) is 12.1 Å². The van der Waals surface area contributed by atoms with Crippen LogP contribution in [0.15, 0.2) is 46.5 Å². The maximum Gasteiger partial charge on any atom is 0.358 e. The quantitative estimate of drug-likeness (QED) is 0.627. The zero-order valence-corrected chi connectivity index (χ0v) is 15.2. The minimum atomic E-state index is -0.628. The molecule has 0 aliphatic heterocycles. The molecule has 0 bridgehead atoms. The molecule has 3 rings (SSSR count). The third kappa shape index (κ3) is 4.96. The predicted octanol–water partition coefficient (Wildman–Crippen LogP) is 3.53. The summed E-state index contributed by atoms with van der Waals surface area (Å²) in [4.78, 5) is 27.9. The summed E-state index contributed by atoms with van der Waals surface area (Å²) < 4.78 is 17.8. The van der Waals surface area contributed by atoms with Crippen LogP contribution in [-0.2, 0) is 16.0 Å². The Morgan fingerprint density at radius 1 is 1.15 bits per heavy atom. The van der Waals surface area contributed by atoms with E-state index in [4.69, 9.17) is 4.74 Å². The number of halogens is 1. The Morgan fingerprint density at radius 3 is 2.69 bits per heavy atom. The number of thiophene rings is 1. The highest BCUT2D eigenvalue weighted by atomic mass is 32.1. The molecule has 3 aromatic rings. The van der Waals surface area contributed by atoms with Gasteiger partial charge in [0.1, 0.15) is 10.8 Å². The lowest BCUT2D eigenvalue weighted by Gasteiger charge is -2.06. The Labute approximate surface area is 157 Å². The van der Waals surface area contributed by atoms with Gasteiger partial charge in [-0.2, -0.15) is 11.3 Å². The van der Waals surface area contributed by atoms with Crippen LogP contribution in [0.25, 0.3) is 10.6 Å². The van der Waals surface area contributed by atoms with E-state index in [1.165, 1.54) is 23.5 Å². The van der Waals surface area contributed by atoms with Crippen molar-refractivity contribution in [2.45, 2.75) is 6.42 Å². The summed E-state index contributed by atoms with van der Waals surface area (Å²) in [5.74, 6) is -1.32. The van der Waals surface area contributed by atoms with Crippen LogP contribution in [0.2, 0.25) is 0 Å². The predicted molar refractivity (Wildman–Crippen MR) is 98.8 cm³/mol. The normalized spacial score (nSPS) is 10.5. The highest BCUT2D eigenvalue weighted by Crippen LogP contribution is 2.25. The van der Waals surface area contributed by atoms with E-state index in [1.807, 2.05) is 16.8 Å². The molecule has 0 spiro atoms. The van der Waals surface area contributed by atoms with Crippen molar-refractivity contribution in [2.24, 2.45) is 0 Å². The molecular formula is C18H15FN2O3S2. The van der Waals surface area contributed by atoms with Gasteiger partial charge in [-0.15, -0.1) is 11.3 Å². The lowest BCUT2D eigenvalue weighted by Crippen LogP contribution is -2.30. The second-order valence-corrected chi connectivity index (χ2v) is 6.99. The van der Waals surface area contributed by atoms with Gasteiger partial charge in [0.2, 0.25) is 0 Å². The molecule has 0 aliphatic rings. The smallest absolute Gasteiger partial charge is 0.358 e. The molecular weight excluding hydrogens is 375 g/mol. The van der Waals surface area contributed by atoms with Crippen LogP contribution < -0.4 is 5.32 Å². The summed E-state index contributed by atoms with van der Waals surface area (Å²) in [6.07, 6.45) is 0.566. The van der Waals surface area contributed by atoms with Crippen LogP contribution in [-0.4, -0.2) is 30.0 Å². The topological polar surface area (TPSA) is 68.3 Å². The fourth-order valence-electron chi connectivity index (χ4n) is 2.14. The molecule has 2 aromatic heterocycles. The van der Waals surface area contributed by atoms with Crippen molar-refractivity contribution in [3.8, 4) is 10.6 Å². The standard InChI is InChI=1S/C18H15FN2O3S2/c19-14-3-1-12(2-4-14)5-7-20-16(22)9-24-18(23)15-11-26-17(21-15)13-6-8-25-10-13/h1-4,6,8,10-11H,5,7,9H2,(H,20,22). The van der Waals surface area contributed by atoms with E-state index >= 15 is 0 Å². The van der Waals surface area contributed by atoms with Gasteiger partial charge in [0, 0.05) is 22.9 Å². The van der Waals surface area contributed by atoms with Crippen LogP contribution in [0, 0.1) is 5.82 Å². The first-order chi connectivity index (χ1) is 12.6. The van der Waals surface area contributed by atoms with Gasteiger partial charge >= 0.3 is 5.97 Å². The number of esters is 1. The number of carbonyl (C=O) groups excluding carboxylic acids is 2.